The first-order chi connectivity index (χ1) is 7.20. The molecule has 1 aromatic heterocycles. The van der Waals surface area contributed by atoms with E-state index in [1.165, 1.54) is 0 Å². The molecular formula is C8H13N5O2. The topological polar surface area (TPSA) is 92.8 Å². The Labute approximate surface area is 86.6 Å². The van der Waals surface area contributed by atoms with Crippen LogP contribution in [0, 0.1) is 0 Å². The minimum atomic E-state index is -0.298. The van der Waals surface area contributed by atoms with Gasteiger partial charge in [-0.15, -0.1) is 10.2 Å². The van der Waals surface area contributed by atoms with Crippen LogP contribution in [0.3, 0.4) is 0 Å². The molecule has 1 aliphatic rings. The zero-order chi connectivity index (χ0) is 10.7. The molecule has 0 atom stereocenters. The lowest BCUT2D eigenvalue weighted by molar-refractivity contribution is 0.0419. The summed E-state index contributed by atoms with van der Waals surface area (Å²) in [6, 6.07) is 0. The number of aromatic amines is 1. The first-order valence-electron chi connectivity index (χ1n) is 4.83. The largest absolute Gasteiger partial charge is 0.381 e. The van der Waals surface area contributed by atoms with Crippen molar-refractivity contribution in [1.29, 1.82) is 0 Å². The number of H-pyrrole nitrogens is 1. The minimum absolute atomic E-state index is 0.0720. The Morgan fingerprint density at radius 1 is 1.53 bits per heavy atom. The Kier molecular flexibility index (Phi) is 2.63. The summed E-state index contributed by atoms with van der Waals surface area (Å²) >= 11 is 0. The molecule has 0 unspecified atom stereocenters. The fourth-order valence-corrected chi connectivity index (χ4v) is 1.53. The smallest absolute Gasteiger partial charge is 0.293 e. The number of nitrogens with one attached hydrogen (secondary N) is 2. The second kappa shape index (κ2) is 3.93. The highest BCUT2D eigenvalue weighted by Crippen LogP contribution is 2.19. The molecule has 1 aliphatic heterocycles. The molecule has 0 spiro atoms. The number of nitrogens with zero attached hydrogens (tertiary/aromatic N) is 3. The molecule has 1 amide bonds. The summed E-state index contributed by atoms with van der Waals surface area (Å²) in [5, 5.41) is 15.7. The zero-order valence-electron chi connectivity index (χ0n) is 8.49. The first kappa shape index (κ1) is 10.0. The Morgan fingerprint density at radius 2 is 2.27 bits per heavy atom. The van der Waals surface area contributed by atoms with Gasteiger partial charge in [-0.05, 0) is 25.0 Å². The Balaban J connectivity index is 1.98. The van der Waals surface area contributed by atoms with Gasteiger partial charge in [0.25, 0.3) is 11.7 Å². The molecule has 2 heterocycles. The van der Waals surface area contributed by atoms with Crippen LogP contribution in [0.15, 0.2) is 0 Å². The van der Waals surface area contributed by atoms with Crippen molar-refractivity contribution in [2.45, 2.75) is 25.3 Å². The molecule has 0 aliphatic carbocycles. The highest BCUT2D eigenvalue weighted by atomic mass is 16.5. The fraction of sp³-hybridized carbons (Fsp3) is 0.750. The Hall–Kier alpha value is -1.50. The van der Waals surface area contributed by atoms with Crippen molar-refractivity contribution in [3.63, 3.8) is 0 Å². The molecule has 1 saturated heterocycles. The van der Waals surface area contributed by atoms with Gasteiger partial charge in [-0.3, -0.25) is 4.79 Å². The molecule has 0 radical (unpaired) electrons. The summed E-state index contributed by atoms with van der Waals surface area (Å²) < 4.78 is 5.24. The fourth-order valence-electron chi connectivity index (χ4n) is 1.53. The molecule has 15 heavy (non-hydrogen) atoms. The zero-order valence-corrected chi connectivity index (χ0v) is 8.49. The number of hydrogen-bond acceptors (Lipinski definition) is 5. The van der Waals surface area contributed by atoms with E-state index >= 15 is 0 Å². The van der Waals surface area contributed by atoms with E-state index in [9.17, 15) is 4.79 Å². The van der Waals surface area contributed by atoms with Crippen molar-refractivity contribution >= 4 is 5.91 Å². The van der Waals surface area contributed by atoms with Gasteiger partial charge >= 0.3 is 0 Å². The van der Waals surface area contributed by atoms with Crippen LogP contribution in [-0.2, 0) is 4.74 Å². The van der Waals surface area contributed by atoms with E-state index in [2.05, 4.69) is 25.9 Å². The van der Waals surface area contributed by atoms with E-state index in [4.69, 9.17) is 4.74 Å². The van der Waals surface area contributed by atoms with Gasteiger partial charge in [0.2, 0.25) is 0 Å². The highest BCUT2D eigenvalue weighted by molar-refractivity contribution is 5.90. The average Bonchev–Trinajstić information content (AvgIpc) is 2.70. The minimum Gasteiger partial charge on any atom is -0.381 e. The Bertz CT molecular complexity index is 331. The van der Waals surface area contributed by atoms with Crippen molar-refractivity contribution in [3.05, 3.63) is 5.82 Å². The summed E-state index contributed by atoms with van der Waals surface area (Å²) in [7, 11) is 0. The van der Waals surface area contributed by atoms with E-state index in [1.54, 1.807) is 0 Å². The molecule has 0 saturated carbocycles. The molecule has 7 nitrogen and oxygen atoms in total. The first-order valence-corrected chi connectivity index (χ1v) is 4.83. The van der Waals surface area contributed by atoms with Crippen LogP contribution in [-0.4, -0.2) is 45.3 Å². The van der Waals surface area contributed by atoms with Gasteiger partial charge in [-0.2, -0.15) is 5.21 Å². The van der Waals surface area contributed by atoms with Gasteiger partial charge < -0.3 is 10.1 Å². The number of ether oxygens (including phenoxy) is 1. The number of tetrazole rings is 1. The van der Waals surface area contributed by atoms with Crippen molar-refractivity contribution in [3.8, 4) is 0 Å². The van der Waals surface area contributed by atoms with Crippen LogP contribution >= 0.6 is 0 Å². The van der Waals surface area contributed by atoms with Gasteiger partial charge in [0.05, 0.1) is 0 Å². The molecule has 7 heteroatoms. The van der Waals surface area contributed by atoms with E-state index in [0.717, 1.165) is 12.8 Å². The Morgan fingerprint density at radius 3 is 2.87 bits per heavy atom. The molecule has 0 bridgehead atoms. The number of carbonyl (C=O) groups is 1. The molecule has 2 rings (SSSR count). The third-order valence-electron chi connectivity index (χ3n) is 2.56. The van der Waals surface area contributed by atoms with Gasteiger partial charge in [-0.1, -0.05) is 0 Å². The van der Waals surface area contributed by atoms with Crippen LogP contribution in [0.2, 0.25) is 0 Å². The maximum atomic E-state index is 11.6. The lowest BCUT2D eigenvalue weighted by Gasteiger charge is -2.33. The van der Waals surface area contributed by atoms with E-state index in [-0.39, 0.29) is 17.3 Å². The lowest BCUT2D eigenvalue weighted by Crippen LogP contribution is -2.49. The summed E-state index contributed by atoms with van der Waals surface area (Å²) in [4.78, 5) is 11.6. The van der Waals surface area contributed by atoms with Gasteiger partial charge in [-0.25, -0.2) is 0 Å². The predicted octanol–water partition coefficient (Wildman–Crippen LogP) is -0.501. The second-order valence-corrected chi connectivity index (χ2v) is 3.86. The maximum absolute atomic E-state index is 11.6. The van der Waals surface area contributed by atoms with Crippen LogP contribution in [0.4, 0.5) is 0 Å². The van der Waals surface area contributed by atoms with E-state index in [1.807, 2.05) is 6.92 Å². The van der Waals surface area contributed by atoms with Gasteiger partial charge in [0, 0.05) is 18.8 Å². The number of hydrogen-bond donors (Lipinski definition) is 2. The summed E-state index contributed by atoms with van der Waals surface area (Å²) in [6.45, 7) is 3.33. The highest BCUT2D eigenvalue weighted by Gasteiger charge is 2.30. The van der Waals surface area contributed by atoms with E-state index < -0.39 is 0 Å². The summed E-state index contributed by atoms with van der Waals surface area (Å²) in [5.41, 5.74) is -0.226. The van der Waals surface area contributed by atoms with Crippen molar-refractivity contribution in [2.24, 2.45) is 0 Å². The summed E-state index contributed by atoms with van der Waals surface area (Å²) in [5.74, 6) is -0.226. The van der Waals surface area contributed by atoms with Crippen molar-refractivity contribution in [1.82, 2.24) is 25.9 Å². The maximum Gasteiger partial charge on any atom is 0.293 e. The molecule has 2 N–H and O–H groups in total. The van der Waals surface area contributed by atoms with Gasteiger partial charge in [0.1, 0.15) is 0 Å². The second-order valence-electron chi connectivity index (χ2n) is 3.86. The third kappa shape index (κ3) is 2.30. The van der Waals surface area contributed by atoms with E-state index in [0.29, 0.717) is 13.2 Å². The standard InChI is InChI=1S/C8H13N5O2/c1-8(2-4-15-5-3-8)9-7(14)6-10-12-13-11-6/h2-5H2,1H3,(H,9,14)(H,10,11,12,13). The molecular weight excluding hydrogens is 198 g/mol. The monoisotopic (exact) mass is 211 g/mol. The van der Waals surface area contributed by atoms with Crippen molar-refractivity contribution < 1.29 is 9.53 Å². The van der Waals surface area contributed by atoms with Crippen molar-refractivity contribution in [2.75, 3.05) is 13.2 Å². The number of aromatic nitrogens is 4. The quantitative estimate of drug-likeness (QED) is 0.687. The van der Waals surface area contributed by atoms with Crippen LogP contribution < -0.4 is 5.32 Å². The molecule has 1 aromatic rings. The third-order valence-corrected chi connectivity index (χ3v) is 2.56. The average molecular weight is 211 g/mol. The van der Waals surface area contributed by atoms with Gasteiger partial charge in [0.15, 0.2) is 0 Å². The van der Waals surface area contributed by atoms with Crippen LogP contribution in [0.5, 0.6) is 0 Å². The number of amides is 1. The van der Waals surface area contributed by atoms with Crippen LogP contribution in [0.1, 0.15) is 30.4 Å². The number of rotatable bonds is 2. The summed E-state index contributed by atoms with van der Waals surface area (Å²) in [6.07, 6.45) is 1.60. The number of carbonyl (C=O) groups excluding carboxylic acids is 1. The SMILES string of the molecule is CC1(NC(=O)c2nn[nH]n2)CCOCC1. The normalized spacial score (nSPS) is 19.8. The lowest BCUT2D eigenvalue weighted by atomic mass is 9.92. The molecule has 1 fully saturated rings. The van der Waals surface area contributed by atoms with Crippen LogP contribution in [0.25, 0.3) is 0 Å². The molecule has 0 aromatic carbocycles. The molecule has 82 valence electrons. The predicted molar refractivity (Wildman–Crippen MR) is 50.1 cm³/mol.